The molecule has 0 bridgehead atoms. The molecule has 7 aromatic carbocycles. The molecular weight excluding hydrogens is 777 g/mol. The Bertz CT molecular complexity index is 3340. The zero-order chi connectivity index (χ0) is 45.0. The topological polar surface area (TPSA) is 22.3 Å². The average molecular weight is 838 g/mol. The van der Waals surface area contributed by atoms with E-state index < -0.39 is 0 Å². The van der Waals surface area contributed by atoms with Crippen molar-refractivity contribution in [1.82, 2.24) is 9.13 Å². The maximum absolute atomic E-state index is 6.97. The average Bonchev–Trinajstić information content (AvgIpc) is 3.73. The zero-order valence-corrected chi connectivity index (χ0v) is 40.0. The van der Waals surface area contributed by atoms with Crippen molar-refractivity contribution in [2.75, 3.05) is 4.90 Å². The van der Waals surface area contributed by atoms with Crippen LogP contribution in [0.25, 0.3) is 49.3 Å². The standard InChI is InChI=1S/C59H60BN3O/c1-56(2,3)35-21-26-39(27-22-35)62-47-19-16-20-51-53(47)60(43-33-38(59(10,11)12)25-30-50(43)64-51)54-48(62)34-49(55-52(54)40-17-14-15-18-44(40)61(55)13)63-45-28-23-36(57(4,5)6)31-41(45)42-32-37(58(7,8)9)24-29-46(42)63/h14-34H,1-13H3. The van der Waals surface area contributed by atoms with Gasteiger partial charge in [0.15, 0.2) is 0 Å². The lowest BCUT2D eigenvalue weighted by molar-refractivity contribution is 0.486. The van der Waals surface area contributed by atoms with Gasteiger partial charge in [0, 0.05) is 51.2 Å². The molecule has 5 heteroatoms. The monoisotopic (exact) mass is 837 g/mol. The van der Waals surface area contributed by atoms with Gasteiger partial charge in [-0.1, -0.05) is 144 Å². The summed E-state index contributed by atoms with van der Waals surface area (Å²) in [6.07, 6.45) is 0. The molecule has 0 saturated carbocycles. The van der Waals surface area contributed by atoms with Crippen molar-refractivity contribution >= 4 is 83.8 Å². The Morgan fingerprint density at radius 2 is 1.00 bits per heavy atom. The van der Waals surface area contributed by atoms with Crippen molar-refractivity contribution in [1.29, 1.82) is 0 Å². The number of ether oxygens (including phenoxy) is 1. The highest BCUT2D eigenvalue weighted by Gasteiger charge is 2.44. The number of anilines is 3. The van der Waals surface area contributed by atoms with Crippen LogP contribution in [0, 0.1) is 0 Å². The Kier molecular flexibility index (Phi) is 8.51. The summed E-state index contributed by atoms with van der Waals surface area (Å²) in [7, 11) is 2.27. The summed E-state index contributed by atoms with van der Waals surface area (Å²) < 4.78 is 12.0. The summed E-state index contributed by atoms with van der Waals surface area (Å²) in [5, 5.41) is 5.12. The molecule has 0 aliphatic carbocycles. The summed E-state index contributed by atoms with van der Waals surface area (Å²) in [6.45, 7) is 27.7. The fourth-order valence-corrected chi connectivity index (χ4v) is 10.8. The first kappa shape index (κ1) is 40.6. The number of nitrogens with zero attached hydrogens (tertiary/aromatic N) is 3. The van der Waals surface area contributed by atoms with Gasteiger partial charge in [-0.2, -0.15) is 0 Å². The van der Waals surface area contributed by atoms with Crippen LogP contribution in [0.4, 0.5) is 17.1 Å². The van der Waals surface area contributed by atoms with Crippen molar-refractivity contribution in [3.8, 4) is 17.2 Å². The zero-order valence-electron chi connectivity index (χ0n) is 40.0. The number of aromatic nitrogens is 2. The molecule has 4 heterocycles. The quantitative estimate of drug-likeness (QED) is 0.162. The normalized spacial score (nSPS) is 14.1. The number of hydrogen-bond donors (Lipinski definition) is 0. The predicted octanol–water partition coefficient (Wildman–Crippen LogP) is 14.0. The third kappa shape index (κ3) is 5.95. The highest BCUT2D eigenvalue weighted by molar-refractivity contribution is 7.01. The summed E-state index contributed by atoms with van der Waals surface area (Å²) >= 11 is 0. The molecule has 11 rings (SSSR count). The molecule has 9 aromatic rings. The molecule has 0 N–H and O–H groups in total. The van der Waals surface area contributed by atoms with Crippen molar-refractivity contribution in [2.24, 2.45) is 7.05 Å². The first-order valence-corrected chi connectivity index (χ1v) is 23.2. The minimum absolute atomic E-state index is 0.00131. The van der Waals surface area contributed by atoms with Gasteiger partial charge in [0.25, 0.3) is 6.71 Å². The summed E-state index contributed by atoms with van der Waals surface area (Å²) in [5.41, 5.74) is 18.6. The molecule has 0 atom stereocenters. The fourth-order valence-electron chi connectivity index (χ4n) is 10.8. The third-order valence-corrected chi connectivity index (χ3v) is 14.4. The van der Waals surface area contributed by atoms with E-state index in [0.717, 1.165) is 22.9 Å². The summed E-state index contributed by atoms with van der Waals surface area (Å²) in [6, 6.07) is 48.8. The van der Waals surface area contributed by atoms with Gasteiger partial charge in [0.05, 0.1) is 22.2 Å². The second-order valence-corrected chi connectivity index (χ2v) is 22.8. The van der Waals surface area contributed by atoms with Crippen LogP contribution in [0.5, 0.6) is 11.5 Å². The highest BCUT2D eigenvalue weighted by Crippen LogP contribution is 2.47. The molecular formula is C59H60BN3O. The van der Waals surface area contributed by atoms with Crippen molar-refractivity contribution < 1.29 is 4.74 Å². The van der Waals surface area contributed by atoms with Gasteiger partial charge >= 0.3 is 0 Å². The Hall–Kier alpha value is -6.20. The van der Waals surface area contributed by atoms with Crippen LogP contribution >= 0.6 is 0 Å². The van der Waals surface area contributed by atoms with E-state index >= 15 is 0 Å². The van der Waals surface area contributed by atoms with Crippen LogP contribution in [-0.4, -0.2) is 15.8 Å². The molecule has 2 aliphatic rings. The number of hydrogen-bond acceptors (Lipinski definition) is 2. The Morgan fingerprint density at radius 1 is 0.438 bits per heavy atom. The van der Waals surface area contributed by atoms with Gasteiger partial charge in [-0.15, -0.1) is 0 Å². The first-order chi connectivity index (χ1) is 30.2. The maximum Gasteiger partial charge on any atom is 0.257 e. The Labute approximate surface area is 379 Å². The summed E-state index contributed by atoms with van der Waals surface area (Å²) in [5.74, 6) is 1.85. The highest BCUT2D eigenvalue weighted by atomic mass is 16.5. The van der Waals surface area contributed by atoms with Crippen molar-refractivity contribution in [2.45, 2.75) is 105 Å². The minimum Gasteiger partial charge on any atom is -0.458 e. The maximum atomic E-state index is 6.97. The van der Waals surface area contributed by atoms with E-state index in [4.69, 9.17) is 4.74 Å². The van der Waals surface area contributed by atoms with Gasteiger partial charge in [-0.05, 0) is 127 Å². The number of benzene rings is 7. The number of fused-ring (bicyclic) bond motifs is 11. The smallest absolute Gasteiger partial charge is 0.257 e. The van der Waals surface area contributed by atoms with Crippen LogP contribution < -0.4 is 26.0 Å². The third-order valence-electron chi connectivity index (χ3n) is 14.4. The molecule has 0 saturated heterocycles. The second kappa shape index (κ2) is 13.4. The van der Waals surface area contributed by atoms with Gasteiger partial charge < -0.3 is 18.8 Å². The van der Waals surface area contributed by atoms with Crippen LogP contribution in [0.15, 0.2) is 127 Å². The largest absolute Gasteiger partial charge is 0.458 e. The van der Waals surface area contributed by atoms with E-state index in [9.17, 15) is 0 Å². The molecule has 0 unspecified atom stereocenters. The molecule has 2 aromatic heterocycles. The molecule has 4 nitrogen and oxygen atoms in total. The Morgan fingerprint density at radius 3 is 1.61 bits per heavy atom. The van der Waals surface area contributed by atoms with E-state index in [1.54, 1.807) is 0 Å². The lowest BCUT2D eigenvalue weighted by Gasteiger charge is -2.41. The fraction of sp³-hybridized carbons (Fsp3) is 0.288. The van der Waals surface area contributed by atoms with Crippen LogP contribution in [0.2, 0.25) is 0 Å². The molecule has 2 aliphatic heterocycles. The van der Waals surface area contributed by atoms with Crippen LogP contribution in [0.3, 0.4) is 0 Å². The Balaban J connectivity index is 1.33. The lowest BCUT2D eigenvalue weighted by Crippen LogP contribution is -2.60. The van der Waals surface area contributed by atoms with Gasteiger partial charge in [-0.25, -0.2) is 0 Å². The molecule has 0 radical (unpaired) electrons. The lowest BCUT2D eigenvalue weighted by atomic mass is 9.33. The number of aryl methyl sites for hydroxylation is 1. The second-order valence-electron chi connectivity index (χ2n) is 22.8. The molecule has 0 fully saturated rings. The van der Waals surface area contributed by atoms with E-state index in [-0.39, 0.29) is 28.4 Å². The van der Waals surface area contributed by atoms with E-state index in [2.05, 4.69) is 232 Å². The predicted molar refractivity (Wildman–Crippen MR) is 275 cm³/mol. The van der Waals surface area contributed by atoms with Gasteiger partial charge in [-0.3, -0.25) is 0 Å². The van der Waals surface area contributed by atoms with Gasteiger partial charge in [0.1, 0.15) is 11.5 Å². The first-order valence-electron chi connectivity index (χ1n) is 23.2. The SMILES string of the molecule is Cn1c2ccccc2c2c3c(cc(-n4c5ccc(C(C)(C)C)cc5c5cc(C(C)(C)C)ccc54)c21)N(c1ccc(C(C)(C)C)cc1)c1cccc2c1B3c1cc(C(C)(C)C)ccc1O2. The summed E-state index contributed by atoms with van der Waals surface area (Å²) in [4.78, 5) is 2.53. The molecule has 64 heavy (non-hydrogen) atoms. The molecule has 0 spiro atoms. The van der Waals surface area contributed by atoms with Crippen LogP contribution in [-0.2, 0) is 28.7 Å². The number of rotatable bonds is 2. The minimum atomic E-state index is -0.0680. The van der Waals surface area contributed by atoms with Crippen LogP contribution in [0.1, 0.15) is 105 Å². The van der Waals surface area contributed by atoms with Crippen molar-refractivity contribution in [3.05, 3.63) is 150 Å². The van der Waals surface area contributed by atoms with E-state index in [1.807, 2.05) is 0 Å². The molecule has 320 valence electrons. The van der Waals surface area contributed by atoms with E-state index in [1.165, 1.54) is 93.6 Å². The van der Waals surface area contributed by atoms with Crippen molar-refractivity contribution in [3.63, 3.8) is 0 Å². The molecule has 0 amide bonds. The van der Waals surface area contributed by atoms with E-state index in [0.29, 0.717) is 0 Å². The number of para-hydroxylation sites is 1. The van der Waals surface area contributed by atoms with Gasteiger partial charge in [0.2, 0.25) is 0 Å².